The molecule has 0 saturated heterocycles. The molecule has 3 nitrogen and oxygen atoms in total. The summed E-state index contributed by atoms with van der Waals surface area (Å²) in [4.78, 5) is 16.8. The zero-order valence-corrected chi connectivity index (χ0v) is 20.7. The molecular formula is C29H31NO2S. The van der Waals surface area contributed by atoms with Crippen LogP contribution in [0.25, 0.3) is 21.2 Å². The first-order valence-corrected chi connectivity index (χ1v) is 12.4. The molecule has 0 saturated carbocycles. The molecule has 1 heterocycles. The largest absolute Gasteiger partial charge is 0.492 e. The first kappa shape index (κ1) is 23.2. The normalized spacial score (nSPS) is 11.3. The summed E-state index contributed by atoms with van der Waals surface area (Å²) < 4.78 is 7.09. The van der Waals surface area contributed by atoms with Gasteiger partial charge in [0.25, 0.3) is 0 Å². The highest BCUT2D eigenvalue weighted by atomic mass is 32.1. The van der Waals surface area contributed by atoms with E-state index >= 15 is 0 Å². The highest BCUT2D eigenvalue weighted by Crippen LogP contribution is 2.40. The summed E-state index contributed by atoms with van der Waals surface area (Å²) in [6.07, 6.45) is 0. The van der Waals surface area contributed by atoms with E-state index in [4.69, 9.17) is 4.74 Å². The van der Waals surface area contributed by atoms with E-state index in [0.29, 0.717) is 6.61 Å². The Kier molecular flexibility index (Phi) is 7.26. The second-order valence-corrected chi connectivity index (χ2v) is 9.46. The fraction of sp³-hybridized carbons (Fsp3) is 0.276. The third-order valence-electron chi connectivity index (χ3n) is 6.00. The summed E-state index contributed by atoms with van der Waals surface area (Å²) in [6.45, 7) is 12.0. The minimum atomic E-state index is 0.0811. The number of hydrogen-bond donors (Lipinski definition) is 0. The van der Waals surface area contributed by atoms with Crippen molar-refractivity contribution in [1.82, 2.24) is 4.90 Å². The third kappa shape index (κ3) is 5.18. The lowest BCUT2D eigenvalue weighted by Crippen LogP contribution is -2.27. The minimum absolute atomic E-state index is 0.0811. The summed E-state index contributed by atoms with van der Waals surface area (Å²) in [7, 11) is 0. The number of aryl methyl sites for hydroxylation is 2. The van der Waals surface area contributed by atoms with Crippen LogP contribution in [0.4, 0.5) is 0 Å². The maximum absolute atomic E-state index is 13.6. The number of likely N-dealkylation sites (N-methyl/N-ethyl adjacent to an activating group) is 1. The Balaban J connectivity index is 1.67. The number of hydrogen-bond acceptors (Lipinski definition) is 4. The van der Waals surface area contributed by atoms with Crippen LogP contribution in [0.15, 0.2) is 66.7 Å². The Morgan fingerprint density at radius 3 is 2.24 bits per heavy atom. The van der Waals surface area contributed by atoms with Gasteiger partial charge in [-0.25, -0.2) is 0 Å². The zero-order valence-electron chi connectivity index (χ0n) is 19.9. The quantitative estimate of drug-likeness (QED) is 0.250. The SMILES string of the molecule is CCN(CC)CCOc1ccc(-c2c(C(=O)c3cc(C)cc(C)c3)sc3ccccc23)cc1. The molecule has 170 valence electrons. The Morgan fingerprint density at radius 1 is 0.909 bits per heavy atom. The van der Waals surface area contributed by atoms with Crippen LogP contribution in [0.3, 0.4) is 0 Å². The molecule has 0 amide bonds. The van der Waals surface area contributed by atoms with E-state index < -0.39 is 0 Å². The fourth-order valence-corrected chi connectivity index (χ4v) is 5.47. The second-order valence-electron chi connectivity index (χ2n) is 8.41. The maximum atomic E-state index is 13.6. The molecule has 0 aliphatic carbocycles. The van der Waals surface area contributed by atoms with Crippen molar-refractivity contribution in [2.24, 2.45) is 0 Å². The predicted molar refractivity (Wildman–Crippen MR) is 140 cm³/mol. The standard InChI is InChI=1S/C29H31NO2S/c1-5-30(6-2)15-16-32-24-13-11-22(12-14-24)27-25-9-7-8-10-26(25)33-29(27)28(31)23-18-20(3)17-21(4)19-23/h7-14,17-19H,5-6,15-16H2,1-4H3. The number of carbonyl (C=O) groups is 1. The molecule has 0 fully saturated rings. The van der Waals surface area contributed by atoms with Crippen LogP contribution < -0.4 is 4.74 Å². The number of ketones is 1. The van der Waals surface area contributed by atoms with E-state index in [1.54, 1.807) is 11.3 Å². The second kappa shape index (κ2) is 10.3. The molecule has 33 heavy (non-hydrogen) atoms. The summed E-state index contributed by atoms with van der Waals surface area (Å²) in [5, 5.41) is 1.12. The molecule has 0 N–H and O–H groups in total. The Labute approximate surface area is 200 Å². The molecule has 0 bridgehead atoms. The molecule has 4 rings (SSSR count). The van der Waals surface area contributed by atoms with Gasteiger partial charge in [0.1, 0.15) is 12.4 Å². The molecule has 1 aromatic heterocycles. The predicted octanol–water partition coefficient (Wildman–Crippen LogP) is 7.14. The van der Waals surface area contributed by atoms with E-state index in [2.05, 4.69) is 49.1 Å². The van der Waals surface area contributed by atoms with Crippen molar-refractivity contribution in [3.8, 4) is 16.9 Å². The van der Waals surface area contributed by atoms with Crippen LogP contribution in [0, 0.1) is 13.8 Å². The van der Waals surface area contributed by atoms with Gasteiger partial charge in [0, 0.05) is 27.8 Å². The number of carbonyl (C=O) groups excluding carboxylic acids is 1. The van der Waals surface area contributed by atoms with Gasteiger partial charge in [-0.15, -0.1) is 11.3 Å². The van der Waals surface area contributed by atoms with Gasteiger partial charge in [-0.1, -0.05) is 61.4 Å². The van der Waals surface area contributed by atoms with Crippen molar-refractivity contribution in [2.75, 3.05) is 26.2 Å². The topological polar surface area (TPSA) is 29.5 Å². The van der Waals surface area contributed by atoms with E-state index in [1.165, 1.54) is 0 Å². The van der Waals surface area contributed by atoms with E-state index in [-0.39, 0.29) is 5.78 Å². The molecule has 4 heteroatoms. The number of rotatable bonds is 9. The summed E-state index contributed by atoms with van der Waals surface area (Å²) in [5.74, 6) is 0.935. The first-order valence-electron chi connectivity index (χ1n) is 11.6. The average Bonchev–Trinajstić information content (AvgIpc) is 3.21. The first-order chi connectivity index (χ1) is 16.0. The molecular weight excluding hydrogens is 426 g/mol. The molecule has 0 unspecified atom stereocenters. The summed E-state index contributed by atoms with van der Waals surface area (Å²) in [5.41, 5.74) is 5.00. The lowest BCUT2D eigenvalue weighted by molar-refractivity contribution is 0.104. The van der Waals surface area contributed by atoms with Gasteiger partial charge in [0.2, 0.25) is 5.78 Å². The van der Waals surface area contributed by atoms with Gasteiger partial charge in [0.05, 0.1) is 4.88 Å². The summed E-state index contributed by atoms with van der Waals surface area (Å²) >= 11 is 1.57. The van der Waals surface area contributed by atoms with Crippen LogP contribution in [0.2, 0.25) is 0 Å². The van der Waals surface area contributed by atoms with Crippen LogP contribution in [0.1, 0.15) is 40.2 Å². The molecule has 0 aliphatic heterocycles. The molecule has 4 aromatic rings. The third-order valence-corrected chi connectivity index (χ3v) is 7.17. The van der Waals surface area contributed by atoms with E-state index in [0.717, 1.165) is 68.2 Å². The van der Waals surface area contributed by atoms with Crippen molar-refractivity contribution in [2.45, 2.75) is 27.7 Å². The van der Waals surface area contributed by atoms with Gasteiger partial charge in [0.15, 0.2) is 0 Å². The molecule has 0 spiro atoms. The van der Waals surface area contributed by atoms with Crippen molar-refractivity contribution in [3.63, 3.8) is 0 Å². The summed E-state index contributed by atoms with van der Waals surface area (Å²) in [6, 6.07) is 22.5. The van der Waals surface area contributed by atoms with Crippen molar-refractivity contribution < 1.29 is 9.53 Å². The smallest absolute Gasteiger partial charge is 0.203 e. The van der Waals surface area contributed by atoms with Crippen molar-refractivity contribution >= 4 is 27.2 Å². The molecule has 0 atom stereocenters. The Hall–Kier alpha value is -2.95. The average molecular weight is 458 g/mol. The van der Waals surface area contributed by atoms with Gasteiger partial charge >= 0.3 is 0 Å². The Morgan fingerprint density at radius 2 is 1.58 bits per heavy atom. The maximum Gasteiger partial charge on any atom is 0.203 e. The van der Waals surface area contributed by atoms with Gasteiger partial charge in [-0.3, -0.25) is 4.79 Å². The number of fused-ring (bicyclic) bond motifs is 1. The molecule has 3 aromatic carbocycles. The monoisotopic (exact) mass is 457 g/mol. The molecule has 0 radical (unpaired) electrons. The zero-order chi connectivity index (χ0) is 23.4. The van der Waals surface area contributed by atoms with Gasteiger partial charge < -0.3 is 9.64 Å². The number of nitrogens with zero attached hydrogens (tertiary/aromatic N) is 1. The molecule has 0 aliphatic rings. The highest BCUT2D eigenvalue weighted by molar-refractivity contribution is 7.21. The van der Waals surface area contributed by atoms with Crippen molar-refractivity contribution in [3.05, 3.63) is 88.3 Å². The van der Waals surface area contributed by atoms with Crippen LogP contribution in [-0.2, 0) is 0 Å². The lowest BCUT2D eigenvalue weighted by atomic mass is 9.97. The Bertz CT molecular complexity index is 1230. The van der Waals surface area contributed by atoms with Gasteiger partial charge in [-0.2, -0.15) is 0 Å². The lowest BCUT2D eigenvalue weighted by Gasteiger charge is -2.18. The fourth-order valence-electron chi connectivity index (χ4n) is 4.28. The van der Waals surface area contributed by atoms with Crippen molar-refractivity contribution in [1.29, 1.82) is 0 Å². The number of ether oxygens (including phenoxy) is 1. The highest BCUT2D eigenvalue weighted by Gasteiger charge is 2.21. The number of thiophene rings is 1. The van der Waals surface area contributed by atoms with Crippen LogP contribution in [-0.4, -0.2) is 36.9 Å². The van der Waals surface area contributed by atoms with E-state index in [1.807, 2.05) is 50.2 Å². The van der Waals surface area contributed by atoms with Crippen LogP contribution in [0.5, 0.6) is 5.75 Å². The van der Waals surface area contributed by atoms with Crippen LogP contribution >= 0.6 is 11.3 Å². The van der Waals surface area contributed by atoms with E-state index in [9.17, 15) is 4.79 Å². The number of benzene rings is 3. The minimum Gasteiger partial charge on any atom is -0.492 e. The van der Waals surface area contributed by atoms with Gasteiger partial charge in [-0.05, 0) is 62.8 Å².